The molecule has 2 aromatic rings. The van der Waals surface area contributed by atoms with Gasteiger partial charge in [-0.3, -0.25) is 10.1 Å². The van der Waals surface area contributed by atoms with Gasteiger partial charge in [-0.05, 0) is 25.1 Å². The van der Waals surface area contributed by atoms with Crippen molar-refractivity contribution >= 4 is 23.3 Å². The lowest BCUT2D eigenvalue weighted by Gasteiger charge is -2.06. The van der Waals surface area contributed by atoms with Gasteiger partial charge in [-0.15, -0.1) is 0 Å². The van der Waals surface area contributed by atoms with Gasteiger partial charge in [0, 0.05) is 6.07 Å². The molecule has 1 heterocycles. The Labute approximate surface area is 119 Å². The van der Waals surface area contributed by atoms with E-state index in [-0.39, 0.29) is 34.2 Å². The lowest BCUT2D eigenvalue weighted by atomic mass is 10.1. The standard InChI is InChI=1S/C13H10ClNO5/c1-2-19-13(16)8-6-9(14)12(10(7-8)15(17)18)11-4-3-5-20-11/h3-7H,2H2,1H3. The number of nitro groups is 1. The SMILES string of the molecule is CCOC(=O)c1cc(Cl)c(-c2ccco2)c([N+](=O)[O-])c1. The zero-order chi connectivity index (χ0) is 14.7. The average Bonchev–Trinajstić information content (AvgIpc) is 2.91. The fourth-order valence-corrected chi connectivity index (χ4v) is 2.04. The fraction of sp³-hybridized carbons (Fsp3) is 0.154. The number of carbonyl (C=O) groups excluding carboxylic acids is 1. The van der Waals surface area contributed by atoms with Crippen molar-refractivity contribution in [2.75, 3.05) is 6.61 Å². The molecule has 0 N–H and O–H groups in total. The van der Waals surface area contributed by atoms with Gasteiger partial charge in [0.05, 0.1) is 28.4 Å². The van der Waals surface area contributed by atoms with E-state index in [0.717, 1.165) is 6.07 Å². The van der Waals surface area contributed by atoms with Crippen molar-refractivity contribution in [2.24, 2.45) is 0 Å². The molecule has 0 spiro atoms. The van der Waals surface area contributed by atoms with E-state index < -0.39 is 10.9 Å². The highest BCUT2D eigenvalue weighted by Gasteiger charge is 2.24. The Balaban J connectivity index is 2.59. The molecule has 1 aromatic carbocycles. The predicted molar refractivity (Wildman–Crippen MR) is 71.8 cm³/mol. The Hall–Kier alpha value is -2.34. The normalized spacial score (nSPS) is 10.3. The maximum atomic E-state index is 11.6. The molecule has 0 atom stereocenters. The van der Waals surface area contributed by atoms with Crippen LogP contribution in [-0.2, 0) is 4.74 Å². The summed E-state index contributed by atoms with van der Waals surface area (Å²) in [5, 5.41) is 11.2. The quantitative estimate of drug-likeness (QED) is 0.488. The Morgan fingerprint density at radius 3 is 2.80 bits per heavy atom. The Kier molecular flexibility index (Phi) is 4.05. The first-order valence-corrected chi connectivity index (χ1v) is 6.11. The molecular weight excluding hydrogens is 286 g/mol. The van der Waals surface area contributed by atoms with Crippen LogP contribution >= 0.6 is 11.6 Å². The van der Waals surface area contributed by atoms with Crippen molar-refractivity contribution in [3.05, 3.63) is 51.2 Å². The highest BCUT2D eigenvalue weighted by molar-refractivity contribution is 6.34. The van der Waals surface area contributed by atoms with Gasteiger partial charge in [0.15, 0.2) is 0 Å². The third-order valence-electron chi connectivity index (χ3n) is 2.54. The molecule has 7 heteroatoms. The average molecular weight is 296 g/mol. The summed E-state index contributed by atoms with van der Waals surface area (Å²) in [6.45, 7) is 1.81. The van der Waals surface area contributed by atoms with E-state index in [1.54, 1.807) is 19.1 Å². The van der Waals surface area contributed by atoms with E-state index in [2.05, 4.69) is 0 Å². The van der Waals surface area contributed by atoms with Gasteiger partial charge in [-0.25, -0.2) is 4.79 Å². The van der Waals surface area contributed by atoms with E-state index in [1.807, 2.05) is 0 Å². The third-order valence-corrected chi connectivity index (χ3v) is 2.84. The number of nitrogens with zero attached hydrogens (tertiary/aromatic N) is 1. The number of furan rings is 1. The van der Waals surface area contributed by atoms with Crippen molar-refractivity contribution in [1.82, 2.24) is 0 Å². The van der Waals surface area contributed by atoms with Gasteiger partial charge >= 0.3 is 5.97 Å². The molecule has 0 saturated carbocycles. The van der Waals surface area contributed by atoms with Crippen LogP contribution in [0.25, 0.3) is 11.3 Å². The summed E-state index contributed by atoms with van der Waals surface area (Å²) in [5.74, 6) is -0.402. The molecule has 0 amide bonds. The zero-order valence-corrected chi connectivity index (χ0v) is 11.2. The minimum Gasteiger partial charge on any atom is -0.464 e. The lowest BCUT2D eigenvalue weighted by molar-refractivity contribution is -0.384. The van der Waals surface area contributed by atoms with Gasteiger partial charge in [0.1, 0.15) is 11.3 Å². The van der Waals surface area contributed by atoms with Crippen LogP contribution in [0.3, 0.4) is 0 Å². The number of halogens is 1. The van der Waals surface area contributed by atoms with Crippen molar-refractivity contribution in [3.63, 3.8) is 0 Å². The molecule has 0 aliphatic rings. The van der Waals surface area contributed by atoms with Crippen molar-refractivity contribution < 1.29 is 18.9 Å². The highest BCUT2D eigenvalue weighted by Crippen LogP contribution is 2.37. The number of rotatable bonds is 4. The monoisotopic (exact) mass is 295 g/mol. The van der Waals surface area contributed by atoms with Crippen LogP contribution in [0.5, 0.6) is 0 Å². The zero-order valence-electron chi connectivity index (χ0n) is 10.5. The summed E-state index contributed by atoms with van der Waals surface area (Å²) in [6.07, 6.45) is 1.38. The predicted octanol–water partition coefficient (Wildman–Crippen LogP) is 3.68. The van der Waals surface area contributed by atoms with E-state index >= 15 is 0 Å². The summed E-state index contributed by atoms with van der Waals surface area (Å²) in [5.41, 5.74) is -0.149. The van der Waals surface area contributed by atoms with E-state index in [0.29, 0.717) is 0 Å². The summed E-state index contributed by atoms with van der Waals surface area (Å²) < 4.78 is 9.94. The van der Waals surface area contributed by atoms with Gasteiger partial charge < -0.3 is 9.15 Å². The molecule has 2 rings (SSSR count). The summed E-state index contributed by atoms with van der Waals surface area (Å²) in [7, 11) is 0. The van der Waals surface area contributed by atoms with Crippen LogP contribution in [0.15, 0.2) is 34.9 Å². The van der Waals surface area contributed by atoms with Crippen LogP contribution in [0.4, 0.5) is 5.69 Å². The molecule has 104 valence electrons. The van der Waals surface area contributed by atoms with Crippen LogP contribution in [0, 0.1) is 10.1 Å². The minimum absolute atomic E-state index is 0.0267. The van der Waals surface area contributed by atoms with E-state index in [1.165, 1.54) is 12.3 Å². The number of nitro benzene ring substituents is 1. The number of hydrogen-bond acceptors (Lipinski definition) is 5. The summed E-state index contributed by atoms with van der Waals surface area (Å²) in [6, 6.07) is 5.60. The first kappa shape index (κ1) is 14.1. The molecule has 20 heavy (non-hydrogen) atoms. The molecule has 0 saturated heterocycles. The molecular formula is C13H10ClNO5. The second kappa shape index (κ2) is 5.75. The van der Waals surface area contributed by atoms with Gasteiger partial charge in [0.2, 0.25) is 0 Å². The van der Waals surface area contributed by atoms with Gasteiger partial charge in [-0.1, -0.05) is 11.6 Å². The Morgan fingerprint density at radius 1 is 1.50 bits per heavy atom. The summed E-state index contributed by atoms with van der Waals surface area (Å²) in [4.78, 5) is 22.2. The molecule has 0 radical (unpaired) electrons. The Bertz CT molecular complexity index is 651. The second-order valence-electron chi connectivity index (χ2n) is 3.81. The molecule has 0 aliphatic carbocycles. The first-order chi connectivity index (χ1) is 9.54. The molecule has 6 nitrogen and oxygen atoms in total. The van der Waals surface area contributed by atoms with Gasteiger partial charge in [-0.2, -0.15) is 0 Å². The van der Waals surface area contributed by atoms with E-state index in [9.17, 15) is 14.9 Å². The number of benzene rings is 1. The number of hydrogen-bond donors (Lipinski definition) is 0. The number of carbonyl (C=O) groups is 1. The third kappa shape index (κ3) is 2.65. The molecule has 0 aliphatic heterocycles. The smallest absolute Gasteiger partial charge is 0.338 e. The maximum Gasteiger partial charge on any atom is 0.338 e. The van der Waals surface area contributed by atoms with Crippen LogP contribution in [-0.4, -0.2) is 17.5 Å². The molecule has 0 fully saturated rings. The van der Waals surface area contributed by atoms with Crippen LogP contribution < -0.4 is 0 Å². The largest absolute Gasteiger partial charge is 0.464 e. The van der Waals surface area contributed by atoms with Crippen molar-refractivity contribution in [1.29, 1.82) is 0 Å². The molecule has 0 unspecified atom stereocenters. The summed E-state index contributed by atoms with van der Waals surface area (Å²) >= 11 is 6.04. The molecule has 0 bridgehead atoms. The van der Waals surface area contributed by atoms with Crippen molar-refractivity contribution in [2.45, 2.75) is 6.92 Å². The van der Waals surface area contributed by atoms with Crippen LogP contribution in [0.1, 0.15) is 17.3 Å². The highest BCUT2D eigenvalue weighted by atomic mass is 35.5. The topological polar surface area (TPSA) is 82.6 Å². The lowest BCUT2D eigenvalue weighted by Crippen LogP contribution is -2.06. The first-order valence-electron chi connectivity index (χ1n) is 5.73. The van der Waals surface area contributed by atoms with E-state index in [4.69, 9.17) is 20.8 Å². The van der Waals surface area contributed by atoms with Crippen LogP contribution in [0.2, 0.25) is 5.02 Å². The number of esters is 1. The minimum atomic E-state index is -0.663. The maximum absolute atomic E-state index is 11.6. The Morgan fingerprint density at radius 2 is 2.25 bits per heavy atom. The molecule has 1 aromatic heterocycles. The fourth-order valence-electron chi connectivity index (χ4n) is 1.73. The second-order valence-corrected chi connectivity index (χ2v) is 4.21. The van der Waals surface area contributed by atoms with Gasteiger partial charge in [0.25, 0.3) is 5.69 Å². The van der Waals surface area contributed by atoms with Crippen molar-refractivity contribution in [3.8, 4) is 11.3 Å². The number of ether oxygens (including phenoxy) is 1.